The highest BCUT2D eigenvalue weighted by Crippen LogP contribution is 1.70. The zero-order valence-electron chi connectivity index (χ0n) is 6.15. The first-order chi connectivity index (χ1) is 5.63. The Hall–Kier alpha value is -1.26. The van der Waals surface area contributed by atoms with E-state index in [0.717, 1.165) is 0 Å². The summed E-state index contributed by atoms with van der Waals surface area (Å²) in [4.78, 5) is 48.4. The van der Waals surface area contributed by atoms with E-state index >= 15 is 0 Å². The van der Waals surface area contributed by atoms with Gasteiger partial charge in [0.05, 0.1) is 0 Å². The van der Waals surface area contributed by atoms with Crippen LogP contribution >= 0.6 is 0 Å². The summed E-state index contributed by atoms with van der Waals surface area (Å²) >= 11 is 0. The molecule has 8 nitrogen and oxygen atoms in total. The molecule has 0 bridgehead atoms. The van der Waals surface area contributed by atoms with Gasteiger partial charge in [-0.2, -0.15) is 0 Å². The predicted molar refractivity (Wildman–Crippen MR) is 39.0 cm³/mol. The quantitative estimate of drug-likeness (QED) is 0.210. The minimum atomic E-state index is -4.61. The Bertz CT molecular complexity index is 181. The minimum absolute atomic E-state index is 0.558. The molecule has 0 aromatic carbocycles. The Kier molecular flexibility index (Phi) is 6.89. The van der Waals surface area contributed by atoms with Crippen LogP contribution in [0.3, 0.4) is 0 Å². The normalized spacial score (nSPS) is 10.5. The van der Waals surface area contributed by atoms with Gasteiger partial charge in [-0.15, -0.1) is 0 Å². The first-order valence-electron chi connectivity index (χ1n) is 2.66. The second kappa shape index (κ2) is 6.27. The van der Waals surface area contributed by atoms with Gasteiger partial charge in [0.1, 0.15) is 0 Å². The van der Waals surface area contributed by atoms with Crippen molar-refractivity contribution in [1.29, 1.82) is 0 Å². The van der Waals surface area contributed by atoms with Gasteiger partial charge in [0.2, 0.25) is 0 Å². The lowest BCUT2D eigenvalue weighted by Gasteiger charge is -1.91. The van der Waals surface area contributed by atoms with E-state index in [4.69, 9.17) is 29.4 Å². The summed E-state index contributed by atoms with van der Waals surface area (Å²) in [5.74, 6) is -2.51. The summed E-state index contributed by atoms with van der Waals surface area (Å²) in [6, 6.07) is 0. The highest BCUT2D eigenvalue weighted by Gasteiger charge is 2.22. The molecule has 0 saturated heterocycles. The van der Waals surface area contributed by atoms with Crippen molar-refractivity contribution in [3.05, 3.63) is 12.2 Å². The molecule has 0 aromatic heterocycles. The maximum absolute atomic E-state index is 9.55. The van der Waals surface area contributed by atoms with Crippen LogP contribution < -0.4 is 0 Å². The first-order valence-corrected chi connectivity index (χ1v) is 4.45. The number of carbonyl (C=O) groups is 2. The molecule has 0 unspecified atom stereocenters. The van der Waals surface area contributed by atoms with Crippen molar-refractivity contribution in [2.45, 2.75) is 0 Å². The smallest absolute Gasteiger partial charge is 0.478 e. The molecule has 9 heteroatoms. The molecule has 0 aliphatic carbocycles. The van der Waals surface area contributed by atoms with Crippen molar-refractivity contribution >= 4 is 21.0 Å². The van der Waals surface area contributed by atoms with Crippen LogP contribution in [0.4, 0.5) is 0 Å². The average molecular weight is 212 g/mol. The summed E-state index contributed by atoms with van der Waals surface area (Å²) in [7, 11) is -4.61. The fourth-order valence-corrected chi connectivity index (χ4v) is 0.143. The SMILES string of the molecule is O=C(O)/C=C\C(=O)O.O[Si](O)(O)O. The molecule has 0 saturated carbocycles. The highest BCUT2D eigenvalue weighted by atomic mass is 28.4. The van der Waals surface area contributed by atoms with Crippen LogP contribution in [0, 0.1) is 0 Å². The largest absolute Gasteiger partial charge is 0.668 e. The van der Waals surface area contributed by atoms with Crippen LogP contribution in [0.2, 0.25) is 0 Å². The Labute approximate surface area is 73.1 Å². The van der Waals surface area contributed by atoms with Crippen LogP contribution in [0.15, 0.2) is 12.2 Å². The van der Waals surface area contributed by atoms with E-state index in [2.05, 4.69) is 0 Å². The molecule has 0 rings (SSSR count). The molecule has 76 valence electrons. The lowest BCUT2D eigenvalue weighted by Crippen LogP contribution is -2.33. The first kappa shape index (κ1) is 14.3. The van der Waals surface area contributed by atoms with Crippen molar-refractivity contribution in [3.8, 4) is 0 Å². The van der Waals surface area contributed by atoms with Crippen LogP contribution in [0.25, 0.3) is 0 Å². The average Bonchev–Trinajstić information content (AvgIpc) is 1.79. The summed E-state index contributed by atoms with van der Waals surface area (Å²) < 4.78 is 0. The van der Waals surface area contributed by atoms with Gasteiger partial charge >= 0.3 is 21.0 Å². The zero-order chi connectivity index (χ0) is 11.1. The van der Waals surface area contributed by atoms with E-state index in [1.807, 2.05) is 0 Å². The number of rotatable bonds is 2. The molecular formula is C4H8O8Si. The molecule has 0 aromatic rings. The third kappa shape index (κ3) is 58.7. The second-order valence-electron chi connectivity index (χ2n) is 1.61. The number of carboxylic acids is 2. The monoisotopic (exact) mass is 212 g/mol. The molecule has 0 fully saturated rings. The van der Waals surface area contributed by atoms with Gasteiger partial charge in [0.25, 0.3) is 0 Å². The number of carboxylic acid groups (broad SMARTS) is 2. The molecular weight excluding hydrogens is 204 g/mol. The van der Waals surface area contributed by atoms with Gasteiger partial charge in [-0.3, -0.25) is 0 Å². The molecule has 0 heterocycles. The van der Waals surface area contributed by atoms with Gasteiger partial charge < -0.3 is 29.4 Å². The third-order valence-corrected chi connectivity index (χ3v) is 0.368. The van der Waals surface area contributed by atoms with Gasteiger partial charge in [0, 0.05) is 12.2 Å². The molecule has 0 atom stereocenters. The fraction of sp³-hybridized carbons (Fsp3) is 0. The second-order valence-corrected chi connectivity index (χ2v) is 2.81. The molecule has 0 aliphatic heterocycles. The number of hydrogen-bond acceptors (Lipinski definition) is 6. The predicted octanol–water partition coefficient (Wildman–Crippen LogP) is -2.90. The Balaban J connectivity index is 0. The molecule has 0 amide bonds. The fourth-order valence-electron chi connectivity index (χ4n) is 0.143. The molecule has 13 heavy (non-hydrogen) atoms. The Morgan fingerprint density at radius 1 is 0.846 bits per heavy atom. The van der Waals surface area contributed by atoms with Crippen molar-refractivity contribution < 1.29 is 39.0 Å². The van der Waals surface area contributed by atoms with E-state index in [1.54, 1.807) is 0 Å². The number of aliphatic carboxylic acids is 2. The Morgan fingerprint density at radius 2 is 1.00 bits per heavy atom. The third-order valence-electron chi connectivity index (χ3n) is 0.368. The van der Waals surface area contributed by atoms with Crippen LogP contribution in [-0.4, -0.2) is 50.4 Å². The zero-order valence-corrected chi connectivity index (χ0v) is 7.15. The van der Waals surface area contributed by atoms with Crippen LogP contribution in [-0.2, 0) is 9.59 Å². The van der Waals surface area contributed by atoms with Crippen molar-refractivity contribution in [2.75, 3.05) is 0 Å². The molecule has 0 spiro atoms. The van der Waals surface area contributed by atoms with E-state index in [9.17, 15) is 9.59 Å². The summed E-state index contributed by atoms with van der Waals surface area (Å²) in [6.45, 7) is 0. The lowest BCUT2D eigenvalue weighted by atomic mass is 10.5. The van der Waals surface area contributed by atoms with Gasteiger partial charge in [-0.1, -0.05) is 0 Å². The van der Waals surface area contributed by atoms with Gasteiger partial charge in [0.15, 0.2) is 0 Å². The topological polar surface area (TPSA) is 156 Å². The standard InChI is InChI=1S/C4H4O4.H4O4Si/c5-3(6)1-2-4(7)8;1-5(2,3)4/h1-2H,(H,5,6)(H,7,8);1-4H/b2-1-;. The minimum Gasteiger partial charge on any atom is -0.478 e. The van der Waals surface area contributed by atoms with Crippen LogP contribution in [0.1, 0.15) is 0 Å². The van der Waals surface area contributed by atoms with E-state index in [1.165, 1.54) is 0 Å². The maximum Gasteiger partial charge on any atom is 0.668 e. The summed E-state index contributed by atoms with van der Waals surface area (Å²) in [6.07, 6.45) is 1.12. The highest BCUT2D eigenvalue weighted by molar-refractivity contribution is 6.46. The van der Waals surface area contributed by atoms with E-state index < -0.39 is 21.0 Å². The van der Waals surface area contributed by atoms with E-state index in [0.29, 0.717) is 12.2 Å². The van der Waals surface area contributed by atoms with Crippen molar-refractivity contribution in [1.82, 2.24) is 0 Å². The van der Waals surface area contributed by atoms with Crippen molar-refractivity contribution in [2.24, 2.45) is 0 Å². The Morgan fingerprint density at radius 3 is 1.08 bits per heavy atom. The lowest BCUT2D eigenvalue weighted by molar-refractivity contribution is -0.134. The van der Waals surface area contributed by atoms with E-state index in [-0.39, 0.29) is 0 Å². The molecule has 0 aliphatic rings. The van der Waals surface area contributed by atoms with Crippen LogP contribution in [0.5, 0.6) is 0 Å². The van der Waals surface area contributed by atoms with Gasteiger partial charge in [-0.25, -0.2) is 9.59 Å². The summed E-state index contributed by atoms with van der Waals surface area (Å²) in [5, 5.41) is 15.6. The molecule has 0 radical (unpaired) electrons. The maximum atomic E-state index is 9.55. The summed E-state index contributed by atoms with van der Waals surface area (Å²) in [5.41, 5.74) is 0. The van der Waals surface area contributed by atoms with Crippen molar-refractivity contribution in [3.63, 3.8) is 0 Å². The molecule has 6 N–H and O–H groups in total. The van der Waals surface area contributed by atoms with Gasteiger partial charge in [-0.05, 0) is 0 Å². The number of hydrogen-bond donors (Lipinski definition) is 6.